The van der Waals surface area contributed by atoms with Gasteiger partial charge in [-0.15, -0.1) is 11.3 Å². The van der Waals surface area contributed by atoms with Gasteiger partial charge in [0.15, 0.2) is 5.13 Å². The number of rotatable bonds is 3. The number of aromatic nitrogens is 1. The molecular formula is C14H26N4S. The van der Waals surface area contributed by atoms with E-state index in [-0.39, 0.29) is 5.54 Å². The Morgan fingerprint density at radius 3 is 2.79 bits per heavy atom. The van der Waals surface area contributed by atoms with Crippen LogP contribution in [0.2, 0.25) is 0 Å². The van der Waals surface area contributed by atoms with Crippen LogP contribution < -0.4 is 10.2 Å². The molecule has 5 heteroatoms. The van der Waals surface area contributed by atoms with Crippen molar-refractivity contribution in [1.82, 2.24) is 15.2 Å². The lowest BCUT2D eigenvalue weighted by Crippen LogP contribution is -2.50. The standard InChI is InChI=1S/C14H26N4S/c1-11-10-18(7-6-17(11)5)13-15-8-12(19-13)9-16-14(2,3)4/h8,11,16H,6-7,9-10H2,1-5H3. The molecule has 0 bridgehead atoms. The molecule has 1 aromatic rings. The molecule has 0 saturated carbocycles. The van der Waals surface area contributed by atoms with Crippen molar-refractivity contribution in [3.8, 4) is 0 Å². The van der Waals surface area contributed by atoms with Gasteiger partial charge < -0.3 is 15.1 Å². The first-order chi connectivity index (χ1) is 8.85. The second-order valence-corrected chi connectivity index (χ2v) is 7.58. The van der Waals surface area contributed by atoms with Gasteiger partial charge in [-0.05, 0) is 34.7 Å². The lowest BCUT2D eigenvalue weighted by molar-refractivity contribution is 0.234. The Hall–Kier alpha value is -0.650. The van der Waals surface area contributed by atoms with Crippen molar-refractivity contribution < 1.29 is 0 Å². The van der Waals surface area contributed by atoms with Gasteiger partial charge in [0.25, 0.3) is 0 Å². The second-order valence-electron chi connectivity index (χ2n) is 6.49. The maximum absolute atomic E-state index is 4.59. The topological polar surface area (TPSA) is 31.4 Å². The van der Waals surface area contributed by atoms with Crippen LogP contribution in [-0.2, 0) is 6.54 Å². The summed E-state index contributed by atoms with van der Waals surface area (Å²) in [5.74, 6) is 0. The number of nitrogens with one attached hydrogen (secondary N) is 1. The predicted octanol–water partition coefficient (Wildman–Crippen LogP) is 2.17. The molecule has 1 N–H and O–H groups in total. The minimum atomic E-state index is 0.159. The molecule has 2 heterocycles. The molecule has 2 rings (SSSR count). The highest BCUT2D eigenvalue weighted by Crippen LogP contribution is 2.25. The largest absolute Gasteiger partial charge is 0.345 e. The van der Waals surface area contributed by atoms with Crippen LogP contribution in [0.25, 0.3) is 0 Å². The van der Waals surface area contributed by atoms with Gasteiger partial charge in [-0.1, -0.05) is 0 Å². The van der Waals surface area contributed by atoms with Crippen LogP contribution in [0.1, 0.15) is 32.6 Å². The van der Waals surface area contributed by atoms with E-state index in [0.29, 0.717) is 6.04 Å². The average Bonchev–Trinajstić information content (AvgIpc) is 2.78. The van der Waals surface area contributed by atoms with Crippen molar-refractivity contribution in [3.63, 3.8) is 0 Å². The Morgan fingerprint density at radius 2 is 2.16 bits per heavy atom. The quantitative estimate of drug-likeness (QED) is 0.921. The maximum atomic E-state index is 4.59. The van der Waals surface area contributed by atoms with E-state index in [1.54, 1.807) is 0 Å². The van der Waals surface area contributed by atoms with Crippen LogP contribution in [0.4, 0.5) is 5.13 Å². The molecule has 1 saturated heterocycles. The summed E-state index contributed by atoms with van der Waals surface area (Å²) in [7, 11) is 2.20. The van der Waals surface area contributed by atoms with Crippen LogP contribution in [0.3, 0.4) is 0 Å². The third kappa shape index (κ3) is 4.16. The van der Waals surface area contributed by atoms with Crippen LogP contribution >= 0.6 is 11.3 Å². The molecule has 0 spiro atoms. The summed E-state index contributed by atoms with van der Waals surface area (Å²) in [5.41, 5.74) is 0.159. The number of thiazole rings is 1. The van der Waals surface area contributed by atoms with Crippen molar-refractivity contribution in [2.24, 2.45) is 0 Å². The molecular weight excluding hydrogens is 256 g/mol. The van der Waals surface area contributed by atoms with Crippen LogP contribution in [0.15, 0.2) is 6.20 Å². The summed E-state index contributed by atoms with van der Waals surface area (Å²) >= 11 is 1.82. The summed E-state index contributed by atoms with van der Waals surface area (Å²) < 4.78 is 0. The number of likely N-dealkylation sites (N-methyl/N-ethyl adjacent to an activating group) is 1. The predicted molar refractivity (Wildman–Crippen MR) is 83.0 cm³/mol. The monoisotopic (exact) mass is 282 g/mol. The van der Waals surface area contributed by atoms with Gasteiger partial charge in [0.1, 0.15) is 0 Å². The van der Waals surface area contributed by atoms with Gasteiger partial charge in [0.2, 0.25) is 0 Å². The van der Waals surface area contributed by atoms with Gasteiger partial charge in [0.05, 0.1) is 0 Å². The van der Waals surface area contributed by atoms with Gasteiger partial charge >= 0.3 is 0 Å². The molecule has 1 aliphatic rings. The van der Waals surface area contributed by atoms with Crippen molar-refractivity contribution >= 4 is 16.5 Å². The Kier molecular flexibility index (Phi) is 4.48. The fourth-order valence-corrected chi connectivity index (χ4v) is 2.98. The highest BCUT2D eigenvalue weighted by molar-refractivity contribution is 7.15. The fourth-order valence-electron chi connectivity index (χ4n) is 2.10. The van der Waals surface area contributed by atoms with E-state index in [0.717, 1.165) is 26.2 Å². The zero-order chi connectivity index (χ0) is 14.0. The van der Waals surface area contributed by atoms with Gasteiger partial charge in [-0.25, -0.2) is 4.98 Å². The second kappa shape index (κ2) is 5.77. The first-order valence-corrected chi connectivity index (χ1v) is 7.82. The van der Waals surface area contributed by atoms with E-state index in [9.17, 15) is 0 Å². The van der Waals surface area contributed by atoms with Crippen LogP contribution in [0, 0.1) is 0 Å². The fraction of sp³-hybridized carbons (Fsp3) is 0.786. The molecule has 1 fully saturated rings. The van der Waals surface area contributed by atoms with Crippen molar-refractivity contribution in [3.05, 3.63) is 11.1 Å². The number of piperazine rings is 1. The SMILES string of the molecule is CC1CN(c2ncc(CNC(C)(C)C)s2)CCN1C. The van der Waals surface area contributed by atoms with Crippen molar-refractivity contribution in [2.45, 2.75) is 45.8 Å². The Bertz CT molecular complexity index is 410. The number of anilines is 1. The summed E-state index contributed by atoms with van der Waals surface area (Å²) in [6.07, 6.45) is 2.02. The molecule has 4 nitrogen and oxygen atoms in total. The average molecular weight is 282 g/mol. The van der Waals surface area contributed by atoms with E-state index in [1.807, 2.05) is 17.5 Å². The van der Waals surface area contributed by atoms with Crippen LogP contribution in [0.5, 0.6) is 0 Å². The third-order valence-corrected chi connectivity index (χ3v) is 4.62. The van der Waals surface area contributed by atoms with Gasteiger partial charge in [0, 0.05) is 48.8 Å². The lowest BCUT2D eigenvalue weighted by Gasteiger charge is -2.37. The van der Waals surface area contributed by atoms with Gasteiger partial charge in [-0.2, -0.15) is 0 Å². The van der Waals surface area contributed by atoms with E-state index in [1.165, 1.54) is 10.0 Å². The Labute approximate surface area is 120 Å². The van der Waals surface area contributed by atoms with E-state index in [4.69, 9.17) is 0 Å². The number of nitrogens with zero attached hydrogens (tertiary/aromatic N) is 3. The Morgan fingerprint density at radius 1 is 1.42 bits per heavy atom. The number of hydrogen-bond acceptors (Lipinski definition) is 5. The molecule has 1 unspecified atom stereocenters. The minimum Gasteiger partial charge on any atom is -0.345 e. The highest BCUT2D eigenvalue weighted by Gasteiger charge is 2.22. The lowest BCUT2D eigenvalue weighted by atomic mass is 10.1. The van der Waals surface area contributed by atoms with E-state index < -0.39 is 0 Å². The molecule has 1 atom stereocenters. The first-order valence-electron chi connectivity index (χ1n) is 7.00. The summed E-state index contributed by atoms with van der Waals surface area (Å²) in [6, 6.07) is 0.605. The van der Waals surface area contributed by atoms with E-state index in [2.05, 4.69) is 54.8 Å². The molecule has 1 aliphatic heterocycles. The smallest absolute Gasteiger partial charge is 0.185 e. The molecule has 0 aliphatic carbocycles. The Balaban J connectivity index is 1.93. The first kappa shape index (κ1) is 14.8. The summed E-state index contributed by atoms with van der Waals surface area (Å²) in [4.78, 5) is 10.7. The highest BCUT2D eigenvalue weighted by atomic mass is 32.1. The zero-order valence-corrected chi connectivity index (χ0v) is 13.5. The molecule has 0 aromatic carbocycles. The third-order valence-electron chi connectivity index (χ3n) is 3.56. The summed E-state index contributed by atoms with van der Waals surface area (Å²) in [6.45, 7) is 13.0. The van der Waals surface area contributed by atoms with Crippen LogP contribution in [-0.4, -0.2) is 48.1 Å². The zero-order valence-electron chi connectivity index (χ0n) is 12.7. The molecule has 1 aromatic heterocycles. The molecule has 19 heavy (non-hydrogen) atoms. The van der Waals surface area contributed by atoms with Crippen molar-refractivity contribution in [1.29, 1.82) is 0 Å². The van der Waals surface area contributed by atoms with E-state index >= 15 is 0 Å². The number of hydrogen-bond donors (Lipinski definition) is 1. The summed E-state index contributed by atoms with van der Waals surface area (Å²) in [5, 5.41) is 4.69. The minimum absolute atomic E-state index is 0.159. The van der Waals surface area contributed by atoms with Gasteiger partial charge in [-0.3, -0.25) is 0 Å². The normalized spacial score (nSPS) is 21.9. The van der Waals surface area contributed by atoms with Crippen molar-refractivity contribution in [2.75, 3.05) is 31.6 Å². The molecule has 0 radical (unpaired) electrons. The molecule has 108 valence electrons. The molecule has 0 amide bonds. The maximum Gasteiger partial charge on any atom is 0.185 e.